The highest BCUT2D eigenvalue weighted by Crippen LogP contribution is 2.26. The third kappa shape index (κ3) is 3.78. The smallest absolute Gasteiger partial charge is 0.308 e. The highest BCUT2D eigenvalue weighted by molar-refractivity contribution is 7.91. The van der Waals surface area contributed by atoms with Crippen LogP contribution in [0, 0.1) is 5.92 Å². The molecule has 6 nitrogen and oxygen atoms in total. The number of carboxylic acids is 1. The molecule has 1 aliphatic carbocycles. The molecule has 0 saturated heterocycles. The average Bonchev–Trinajstić information content (AvgIpc) is 2.95. The summed E-state index contributed by atoms with van der Waals surface area (Å²) in [6, 6.07) is 2.92. The van der Waals surface area contributed by atoms with Crippen molar-refractivity contribution in [2.45, 2.75) is 36.0 Å². The van der Waals surface area contributed by atoms with E-state index in [4.69, 9.17) is 5.11 Å². The van der Waals surface area contributed by atoms with Crippen LogP contribution in [0.5, 0.6) is 0 Å². The molecule has 1 heterocycles. The molecule has 0 aromatic carbocycles. The minimum Gasteiger partial charge on any atom is -0.481 e. The normalized spacial score (nSPS) is 23.1. The van der Waals surface area contributed by atoms with E-state index in [9.17, 15) is 18.3 Å². The molecule has 2 rings (SSSR count). The summed E-state index contributed by atoms with van der Waals surface area (Å²) in [5, 5.41) is 18.3. The predicted molar refractivity (Wildman–Crippen MR) is 74.2 cm³/mol. The number of aliphatic hydroxyl groups is 1. The monoisotopic (exact) mass is 319 g/mol. The number of thiophene rings is 1. The van der Waals surface area contributed by atoms with Crippen LogP contribution in [0.4, 0.5) is 0 Å². The van der Waals surface area contributed by atoms with Gasteiger partial charge in [0, 0.05) is 11.4 Å². The summed E-state index contributed by atoms with van der Waals surface area (Å²) in [7, 11) is -3.62. The number of sulfonamides is 1. The second kappa shape index (κ2) is 6.21. The van der Waals surface area contributed by atoms with Gasteiger partial charge in [-0.3, -0.25) is 4.79 Å². The molecule has 0 spiro atoms. The zero-order valence-corrected chi connectivity index (χ0v) is 12.4. The fraction of sp³-hybridized carbons (Fsp3) is 0.583. The van der Waals surface area contributed by atoms with Crippen molar-refractivity contribution in [3.63, 3.8) is 0 Å². The summed E-state index contributed by atoms with van der Waals surface area (Å²) in [6.07, 6.45) is 1.83. The first-order valence-corrected chi connectivity index (χ1v) is 8.66. The maximum absolute atomic E-state index is 12.1. The largest absolute Gasteiger partial charge is 0.481 e. The van der Waals surface area contributed by atoms with Gasteiger partial charge in [0.1, 0.15) is 4.21 Å². The van der Waals surface area contributed by atoms with Crippen LogP contribution in [-0.2, 0) is 21.2 Å². The summed E-state index contributed by atoms with van der Waals surface area (Å²) in [4.78, 5) is 11.1. The number of aliphatic carboxylic acids is 1. The topological polar surface area (TPSA) is 104 Å². The Balaban J connectivity index is 1.99. The Morgan fingerprint density at radius 3 is 2.75 bits per heavy atom. The molecule has 0 radical (unpaired) electrons. The third-order valence-electron chi connectivity index (χ3n) is 3.38. The molecule has 8 heteroatoms. The van der Waals surface area contributed by atoms with Gasteiger partial charge in [0.2, 0.25) is 10.0 Å². The van der Waals surface area contributed by atoms with Crippen molar-refractivity contribution in [1.82, 2.24) is 4.72 Å². The molecule has 2 atom stereocenters. The van der Waals surface area contributed by atoms with Crippen molar-refractivity contribution >= 4 is 27.3 Å². The number of aliphatic hydroxyl groups excluding tert-OH is 1. The maximum Gasteiger partial charge on any atom is 0.308 e. The summed E-state index contributed by atoms with van der Waals surface area (Å²) in [5.74, 6) is -1.03. The van der Waals surface area contributed by atoms with Crippen LogP contribution in [0.15, 0.2) is 16.3 Å². The molecule has 1 fully saturated rings. The van der Waals surface area contributed by atoms with Crippen LogP contribution < -0.4 is 4.72 Å². The molecule has 0 aliphatic heterocycles. The van der Waals surface area contributed by atoms with E-state index in [2.05, 4.69) is 4.72 Å². The van der Waals surface area contributed by atoms with Crippen LogP contribution in [0.3, 0.4) is 0 Å². The Bertz CT molecular complexity index is 580. The van der Waals surface area contributed by atoms with Crippen LogP contribution >= 0.6 is 11.3 Å². The number of carboxylic acid groups (broad SMARTS) is 1. The van der Waals surface area contributed by atoms with Crippen molar-refractivity contribution < 1.29 is 23.4 Å². The fourth-order valence-electron chi connectivity index (χ4n) is 2.29. The molecule has 1 saturated carbocycles. The molecule has 1 aliphatic rings. The predicted octanol–water partition coefficient (Wildman–Crippen LogP) is 0.814. The number of nitrogens with one attached hydrogen (secondary N) is 1. The first-order valence-electron chi connectivity index (χ1n) is 6.37. The van der Waals surface area contributed by atoms with Gasteiger partial charge >= 0.3 is 5.97 Å². The fourth-order valence-corrected chi connectivity index (χ4v) is 4.78. The van der Waals surface area contributed by atoms with E-state index in [-0.39, 0.29) is 23.1 Å². The molecule has 0 bridgehead atoms. The number of rotatable bonds is 6. The van der Waals surface area contributed by atoms with Crippen LogP contribution in [0.1, 0.15) is 24.1 Å². The van der Waals surface area contributed by atoms with Gasteiger partial charge in [0.25, 0.3) is 0 Å². The lowest BCUT2D eigenvalue weighted by molar-refractivity contribution is -0.136. The Morgan fingerprint density at radius 1 is 1.40 bits per heavy atom. The third-order valence-corrected chi connectivity index (χ3v) is 6.38. The lowest BCUT2D eigenvalue weighted by Gasteiger charge is -2.14. The highest BCUT2D eigenvalue weighted by Gasteiger charge is 2.27. The van der Waals surface area contributed by atoms with E-state index in [1.807, 2.05) is 0 Å². The standard InChI is InChI=1S/C12H17NO5S2/c14-10-3-1-2-8(10)7-13-20(17,18)12-5-4-9(19-12)6-11(15)16/h4-5,8,10,13-14H,1-3,6-7H2,(H,15,16). The zero-order valence-electron chi connectivity index (χ0n) is 10.8. The second-order valence-electron chi connectivity index (χ2n) is 4.90. The first-order chi connectivity index (χ1) is 9.38. The van der Waals surface area contributed by atoms with Gasteiger partial charge in [-0.1, -0.05) is 6.42 Å². The molecule has 1 aromatic rings. The van der Waals surface area contributed by atoms with Gasteiger partial charge in [0.05, 0.1) is 12.5 Å². The zero-order chi connectivity index (χ0) is 14.8. The molecule has 20 heavy (non-hydrogen) atoms. The van der Waals surface area contributed by atoms with Gasteiger partial charge in [-0.2, -0.15) is 0 Å². The minimum absolute atomic E-state index is 0.0387. The highest BCUT2D eigenvalue weighted by atomic mass is 32.2. The molecule has 3 N–H and O–H groups in total. The van der Waals surface area contributed by atoms with E-state index in [1.54, 1.807) is 0 Å². The minimum atomic E-state index is -3.62. The van der Waals surface area contributed by atoms with Crippen LogP contribution in [0.25, 0.3) is 0 Å². The van der Waals surface area contributed by atoms with Crippen molar-refractivity contribution in [3.05, 3.63) is 17.0 Å². The van der Waals surface area contributed by atoms with Crippen molar-refractivity contribution in [3.8, 4) is 0 Å². The Hall–Kier alpha value is -0.960. The summed E-state index contributed by atoms with van der Waals surface area (Å²) >= 11 is 0.958. The molecular formula is C12H17NO5S2. The van der Waals surface area contributed by atoms with Gasteiger partial charge in [-0.15, -0.1) is 11.3 Å². The number of hydrogen-bond acceptors (Lipinski definition) is 5. The Labute approximate surface area is 121 Å². The number of hydrogen-bond donors (Lipinski definition) is 3. The van der Waals surface area contributed by atoms with Crippen molar-refractivity contribution in [2.24, 2.45) is 5.92 Å². The lowest BCUT2D eigenvalue weighted by atomic mass is 10.1. The van der Waals surface area contributed by atoms with Gasteiger partial charge in [0.15, 0.2) is 0 Å². The van der Waals surface area contributed by atoms with E-state index >= 15 is 0 Å². The number of carbonyl (C=O) groups is 1. The second-order valence-corrected chi connectivity index (χ2v) is 8.06. The molecule has 2 unspecified atom stereocenters. The molecule has 1 aromatic heterocycles. The lowest BCUT2D eigenvalue weighted by Crippen LogP contribution is -2.32. The SMILES string of the molecule is O=C(O)Cc1ccc(S(=O)(=O)NCC2CCCC2O)s1. The van der Waals surface area contributed by atoms with Gasteiger partial charge < -0.3 is 10.2 Å². The van der Waals surface area contributed by atoms with E-state index in [0.29, 0.717) is 11.3 Å². The average molecular weight is 319 g/mol. The summed E-state index contributed by atoms with van der Waals surface area (Å²) in [5.41, 5.74) is 0. The molecule has 0 amide bonds. The Morgan fingerprint density at radius 2 is 2.15 bits per heavy atom. The summed E-state index contributed by atoms with van der Waals surface area (Å²) in [6.45, 7) is 0.218. The van der Waals surface area contributed by atoms with Gasteiger partial charge in [-0.05, 0) is 30.9 Å². The first kappa shape index (κ1) is 15.4. The summed E-state index contributed by atoms with van der Waals surface area (Å²) < 4.78 is 26.7. The van der Waals surface area contributed by atoms with E-state index in [1.165, 1.54) is 12.1 Å². The quantitative estimate of drug-likeness (QED) is 0.720. The van der Waals surface area contributed by atoms with Crippen molar-refractivity contribution in [1.29, 1.82) is 0 Å². The Kier molecular flexibility index (Phi) is 4.79. The van der Waals surface area contributed by atoms with Crippen molar-refractivity contribution in [2.75, 3.05) is 6.54 Å². The molecule has 112 valence electrons. The van der Waals surface area contributed by atoms with Crippen LogP contribution in [-0.4, -0.2) is 37.2 Å². The van der Waals surface area contributed by atoms with Gasteiger partial charge in [-0.25, -0.2) is 13.1 Å². The van der Waals surface area contributed by atoms with Crippen LogP contribution in [0.2, 0.25) is 0 Å². The maximum atomic E-state index is 12.1. The van der Waals surface area contributed by atoms with E-state index in [0.717, 1.165) is 24.2 Å². The van der Waals surface area contributed by atoms with E-state index < -0.39 is 22.1 Å². The molecular weight excluding hydrogens is 302 g/mol.